The molecule has 0 spiro atoms. The second-order valence-corrected chi connectivity index (χ2v) is 17.6. The van der Waals surface area contributed by atoms with Gasteiger partial charge < -0.3 is 5.11 Å². The average molecular weight is 639 g/mol. The first-order chi connectivity index (χ1) is 20.1. The van der Waals surface area contributed by atoms with Gasteiger partial charge in [0.2, 0.25) is 0 Å². The molecule has 3 N–H and O–H groups in total. The molecule has 1 aliphatic rings. The molecule has 10 heteroatoms. The molecule has 3 aromatic carbocycles. The maximum absolute atomic E-state index is 13.5. The fraction of sp³-hybridized carbons (Fsp3) is 0.382. The van der Waals surface area contributed by atoms with Gasteiger partial charge in [-0.05, 0) is 69.8 Å². The molecule has 236 valence electrons. The van der Waals surface area contributed by atoms with Gasteiger partial charge in [-0.1, -0.05) is 79.7 Å². The van der Waals surface area contributed by atoms with Crippen molar-refractivity contribution in [3.8, 4) is 0 Å². The lowest BCUT2D eigenvalue weighted by molar-refractivity contribution is -0.116. The monoisotopic (exact) mass is 638 g/mol. The van der Waals surface area contributed by atoms with Crippen LogP contribution in [-0.2, 0) is 35.7 Å². The molecule has 0 saturated heterocycles. The van der Waals surface area contributed by atoms with Gasteiger partial charge in [0.1, 0.15) is 5.76 Å². The number of ketones is 1. The van der Waals surface area contributed by atoms with Crippen LogP contribution in [0.5, 0.6) is 0 Å². The van der Waals surface area contributed by atoms with Crippen molar-refractivity contribution in [3.63, 3.8) is 0 Å². The molecular weight excluding hydrogens is 597 g/mol. The van der Waals surface area contributed by atoms with Crippen LogP contribution >= 0.6 is 0 Å². The van der Waals surface area contributed by atoms with E-state index in [0.717, 1.165) is 11.1 Å². The number of Topliss-reactive ketones (excluding diaryl/α,β-unsaturated/α-hetero) is 1. The topological polar surface area (TPSA) is 130 Å². The largest absolute Gasteiger partial charge is 0.512 e. The molecule has 3 aromatic rings. The summed E-state index contributed by atoms with van der Waals surface area (Å²) in [6.45, 7) is 15.9. The highest BCUT2D eigenvalue weighted by molar-refractivity contribution is 7.93. The molecule has 8 nitrogen and oxygen atoms in total. The van der Waals surface area contributed by atoms with Crippen molar-refractivity contribution < 1.29 is 26.7 Å². The van der Waals surface area contributed by atoms with Gasteiger partial charge in [0.05, 0.1) is 21.1 Å². The quantitative estimate of drug-likeness (QED) is 0.245. The summed E-state index contributed by atoms with van der Waals surface area (Å²) in [5, 5.41) is 11.0. The molecule has 0 radical (unpaired) electrons. The first kappa shape index (κ1) is 33.3. The number of sulfonamides is 2. The lowest BCUT2D eigenvalue weighted by atomic mass is 9.75. The van der Waals surface area contributed by atoms with Crippen LogP contribution in [0.15, 0.2) is 82.3 Å². The predicted molar refractivity (Wildman–Crippen MR) is 176 cm³/mol. The van der Waals surface area contributed by atoms with Gasteiger partial charge in [-0.25, -0.2) is 16.8 Å². The molecule has 0 fully saturated rings. The second kappa shape index (κ2) is 11.4. The highest BCUT2D eigenvalue weighted by Gasteiger charge is 2.35. The Kier molecular flexibility index (Phi) is 8.60. The molecule has 0 bridgehead atoms. The van der Waals surface area contributed by atoms with Gasteiger partial charge in [-0.15, -0.1) is 0 Å². The summed E-state index contributed by atoms with van der Waals surface area (Å²) in [7, 11) is -8.13. The molecule has 4 rings (SSSR count). The smallest absolute Gasteiger partial charge is 0.261 e. The van der Waals surface area contributed by atoms with Crippen LogP contribution < -0.4 is 9.44 Å². The Labute approximate surface area is 261 Å². The number of aliphatic hydroxyl groups excluding tert-OH is 1. The van der Waals surface area contributed by atoms with E-state index in [2.05, 4.69) is 9.44 Å². The van der Waals surface area contributed by atoms with Gasteiger partial charge in [-0.3, -0.25) is 14.2 Å². The van der Waals surface area contributed by atoms with Crippen molar-refractivity contribution >= 4 is 42.8 Å². The van der Waals surface area contributed by atoms with E-state index in [9.17, 15) is 26.7 Å². The first-order valence-corrected chi connectivity index (χ1v) is 17.4. The van der Waals surface area contributed by atoms with Gasteiger partial charge in [-0.2, -0.15) is 0 Å². The standard InChI is InChI=1S/C34H42N2O6S2/c1-32(2,3)22-9-14-25(15-10-22)43(39,40)35-24-13-18-28(27(19-24)31-29(37)20-34(7,8)21-30(31)38)36-44(41,42)26-16-11-23(12-17-26)33(4,5)6/h9-19,35-37H,20-21H2,1-8H3. The minimum Gasteiger partial charge on any atom is -0.512 e. The van der Waals surface area contributed by atoms with E-state index in [1.54, 1.807) is 24.3 Å². The molecule has 1 aliphatic carbocycles. The van der Waals surface area contributed by atoms with E-state index >= 15 is 0 Å². The van der Waals surface area contributed by atoms with E-state index in [1.165, 1.54) is 42.5 Å². The molecule has 0 saturated carbocycles. The zero-order chi connectivity index (χ0) is 32.9. The number of aliphatic hydroxyl groups is 1. The summed E-state index contributed by atoms with van der Waals surface area (Å²) >= 11 is 0. The summed E-state index contributed by atoms with van der Waals surface area (Å²) in [6, 6.07) is 17.3. The molecule has 0 atom stereocenters. The Bertz CT molecular complexity index is 1830. The Morgan fingerprint density at radius 2 is 1.14 bits per heavy atom. The predicted octanol–water partition coefficient (Wildman–Crippen LogP) is 7.54. The van der Waals surface area contributed by atoms with Crippen molar-refractivity contribution in [3.05, 3.63) is 89.2 Å². The maximum atomic E-state index is 13.5. The minimum atomic E-state index is -4.11. The first-order valence-electron chi connectivity index (χ1n) is 14.5. The van der Waals surface area contributed by atoms with E-state index in [0.29, 0.717) is 0 Å². The highest BCUT2D eigenvalue weighted by atomic mass is 32.2. The van der Waals surface area contributed by atoms with Gasteiger partial charge in [0.25, 0.3) is 20.0 Å². The Hall–Kier alpha value is -3.63. The third-order valence-corrected chi connectivity index (χ3v) is 10.5. The molecule has 0 unspecified atom stereocenters. The van der Waals surface area contributed by atoms with Gasteiger partial charge >= 0.3 is 0 Å². The fourth-order valence-corrected chi connectivity index (χ4v) is 7.31. The summed E-state index contributed by atoms with van der Waals surface area (Å²) in [6.07, 6.45) is 0.327. The zero-order valence-electron chi connectivity index (χ0n) is 26.6. The number of carbonyl (C=O) groups excluding carboxylic acids is 1. The second-order valence-electron chi connectivity index (χ2n) is 14.3. The average Bonchev–Trinajstić information content (AvgIpc) is 2.88. The number of anilines is 2. The molecule has 0 aliphatic heterocycles. The van der Waals surface area contributed by atoms with Crippen LogP contribution in [0.1, 0.15) is 84.9 Å². The highest BCUT2D eigenvalue weighted by Crippen LogP contribution is 2.42. The van der Waals surface area contributed by atoms with Crippen LogP contribution in [0.2, 0.25) is 0 Å². The lowest BCUT2D eigenvalue weighted by Crippen LogP contribution is -2.26. The van der Waals surface area contributed by atoms with Crippen molar-refractivity contribution in [2.24, 2.45) is 5.41 Å². The minimum absolute atomic E-state index is 0.0224. The maximum Gasteiger partial charge on any atom is 0.261 e. The van der Waals surface area contributed by atoms with Crippen molar-refractivity contribution in [1.29, 1.82) is 0 Å². The van der Waals surface area contributed by atoms with Crippen molar-refractivity contribution in [2.45, 2.75) is 88.9 Å². The summed E-state index contributed by atoms with van der Waals surface area (Å²) in [5.74, 6) is -0.550. The van der Waals surface area contributed by atoms with Crippen LogP contribution in [0.4, 0.5) is 11.4 Å². The zero-order valence-corrected chi connectivity index (χ0v) is 28.2. The normalized spacial score (nSPS) is 16.1. The number of carbonyl (C=O) groups is 1. The number of nitrogens with one attached hydrogen (secondary N) is 2. The Morgan fingerprint density at radius 1 is 0.682 bits per heavy atom. The lowest BCUT2D eigenvalue weighted by Gasteiger charge is -2.30. The summed E-state index contributed by atoms with van der Waals surface area (Å²) in [5.41, 5.74) is 1.32. The SMILES string of the molecule is CC1(C)CC(=O)C(c2cc(NS(=O)(=O)c3ccc(C(C)(C)C)cc3)ccc2NS(=O)(=O)c2ccc(C(C)(C)C)cc2)=C(O)C1. The summed E-state index contributed by atoms with van der Waals surface area (Å²) in [4.78, 5) is 13.4. The van der Waals surface area contributed by atoms with Crippen LogP contribution in [-0.4, -0.2) is 27.7 Å². The Balaban J connectivity index is 1.76. The van der Waals surface area contributed by atoms with Crippen LogP contribution in [0, 0.1) is 5.41 Å². The number of hydrogen-bond donors (Lipinski definition) is 3. The number of rotatable bonds is 7. The number of allylic oxidation sites excluding steroid dienone is 2. The van der Waals surface area contributed by atoms with Crippen LogP contribution in [0.25, 0.3) is 5.57 Å². The third-order valence-electron chi connectivity index (χ3n) is 7.70. The van der Waals surface area contributed by atoms with E-state index in [-0.39, 0.29) is 67.5 Å². The Morgan fingerprint density at radius 3 is 1.57 bits per heavy atom. The molecular formula is C34H42N2O6S2. The summed E-state index contributed by atoms with van der Waals surface area (Å²) < 4.78 is 58.7. The number of hydrogen-bond acceptors (Lipinski definition) is 6. The van der Waals surface area contributed by atoms with Crippen molar-refractivity contribution in [2.75, 3.05) is 9.44 Å². The van der Waals surface area contributed by atoms with E-state index < -0.39 is 25.5 Å². The molecule has 0 heterocycles. The molecule has 0 aromatic heterocycles. The van der Waals surface area contributed by atoms with Crippen LogP contribution in [0.3, 0.4) is 0 Å². The van der Waals surface area contributed by atoms with E-state index in [1.807, 2.05) is 55.4 Å². The van der Waals surface area contributed by atoms with Gasteiger partial charge in [0.15, 0.2) is 5.78 Å². The van der Waals surface area contributed by atoms with Gasteiger partial charge in [0, 0.05) is 24.1 Å². The van der Waals surface area contributed by atoms with E-state index in [4.69, 9.17) is 0 Å². The third kappa shape index (κ3) is 7.35. The fourth-order valence-electron chi connectivity index (χ4n) is 5.18. The number of benzene rings is 3. The molecule has 0 amide bonds. The van der Waals surface area contributed by atoms with Crippen molar-refractivity contribution in [1.82, 2.24) is 0 Å². The molecule has 44 heavy (non-hydrogen) atoms.